The second-order valence-electron chi connectivity index (χ2n) is 7.05. The minimum Gasteiger partial charge on any atom is -0.367 e. The highest BCUT2D eigenvalue weighted by molar-refractivity contribution is 5.54. The predicted octanol–water partition coefficient (Wildman–Crippen LogP) is 0.0208. The maximum atomic E-state index is 6.10. The number of hydrogen-bond acceptors (Lipinski definition) is 5. The highest BCUT2D eigenvalue weighted by atomic mass is 16.6. The Morgan fingerprint density at radius 3 is 2.75 bits per heavy atom. The molecule has 0 amide bonds. The molecular formula is C17H22N5O2+. The summed E-state index contributed by atoms with van der Waals surface area (Å²) >= 11 is 0. The smallest absolute Gasteiger partial charge is 0.182 e. The average molecular weight is 328 g/mol. The number of quaternary nitrogens is 1. The largest absolute Gasteiger partial charge is 0.367 e. The van der Waals surface area contributed by atoms with E-state index in [4.69, 9.17) is 9.47 Å². The van der Waals surface area contributed by atoms with E-state index in [2.05, 4.69) is 20.8 Å². The molecule has 0 unspecified atom stereocenters. The van der Waals surface area contributed by atoms with E-state index in [1.165, 1.54) is 19.4 Å². The van der Waals surface area contributed by atoms with Crippen molar-refractivity contribution in [2.24, 2.45) is 5.92 Å². The first-order valence-corrected chi connectivity index (χ1v) is 8.80. The van der Waals surface area contributed by atoms with Gasteiger partial charge < -0.3 is 14.8 Å². The summed E-state index contributed by atoms with van der Waals surface area (Å²) in [6.45, 7) is 2.56. The Labute approximate surface area is 140 Å². The molecule has 126 valence electrons. The summed E-state index contributed by atoms with van der Waals surface area (Å²) in [5.41, 5.74) is 1.01. The molecule has 0 radical (unpaired) electrons. The molecule has 2 aliphatic heterocycles. The molecule has 2 aromatic rings. The van der Waals surface area contributed by atoms with Crippen molar-refractivity contribution in [3.05, 3.63) is 30.3 Å². The zero-order chi connectivity index (χ0) is 15.9. The van der Waals surface area contributed by atoms with Crippen LogP contribution < -0.4 is 5.32 Å². The topological polar surface area (TPSA) is 78.7 Å². The third-order valence-electron chi connectivity index (χ3n) is 5.37. The first-order chi connectivity index (χ1) is 11.9. The minimum absolute atomic E-state index is 0.0383. The Kier molecular flexibility index (Phi) is 3.57. The maximum absolute atomic E-state index is 6.10. The molecule has 1 saturated carbocycles. The number of benzene rings is 1. The van der Waals surface area contributed by atoms with Crippen LogP contribution in [0.5, 0.6) is 0 Å². The highest BCUT2D eigenvalue weighted by Crippen LogP contribution is 2.35. The van der Waals surface area contributed by atoms with Crippen LogP contribution in [0, 0.1) is 5.92 Å². The zero-order valence-electron chi connectivity index (χ0n) is 13.5. The minimum atomic E-state index is 0.0383. The van der Waals surface area contributed by atoms with Crippen molar-refractivity contribution in [1.82, 2.24) is 20.2 Å². The van der Waals surface area contributed by atoms with Crippen molar-refractivity contribution in [2.45, 2.75) is 37.1 Å². The molecule has 0 spiro atoms. The number of tetrazole rings is 1. The van der Waals surface area contributed by atoms with Crippen molar-refractivity contribution in [3.8, 4) is 11.4 Å². The van der Waals surface area contributed by atoms with Gasteiger partial charge in [-0.1, -0.05) is 30.3 Å². The Hall–Kier alpha value is -1.83. The highest BCUT2D eigenvalue weighted by Gasteiger charge is 2.51. The number of rotatable bonds is 5. The summed E-state index contributed by atoms with van der Waals surface area (Å²) in [7, 11) is 0. The lowest BCUT2D eigenvalue weighted by atomic mass is 10.1. The lowest BCUT2D eigenvalue weighted by Gasteiger charge is -2.17. The van der Waals surface area contributed by atoms with E-state index in [0.717, 1.165) is 23.9 Å². The predicted molar refractivity (Wildman–Crippen MR) is 85.1 cm³/mol. The van der Waals surface area contributed by atoms with Crippen LogP contribution in [0.4, 0.5) is 0 Å². The van der Waals surface area contributed by atoms with Gasteiger partial charge in [-0.2, -0.15) is 0 Å². The summed E-state index contributed by atoms with van der Waals surface area (Å²) in [6, 6.07) is 10.5. The van der Waals surface area contributed by atoms with Crippen LogP contribution in [0.2, 0.25) is 0 Å². The van der Waals surface area contributed by atoms with Gasteiger partial charge in [-0.15, -0.1) is 5.10 Å². The number of aromatic nitrogens is 4. The van der Waals surface area contributed by atoms with Gasteiger partial charge in [0.05, 0.1) is 13.2 Å². The lowest BCUT2D eigenvalue weighted by molar-refractivity contribution is -0.695. The van der Waals surface area contributed by atoms with Crippen molar-refractivity contribution >= 4 is 0 Å². The first kappa shape index (κ1) is 14.5. The van der Waals surface area contributed by atoms with E-state index < -0.39 is 0 Å². The van der Waals surface area contributed by atoms with Crippen molar-refractivity contribution in [3.63, 3.8) is 0 Å². The second kappa shape index (κ2) is 5.91. The number of hydrogen-bond donors (Lipinski definition) is 1. The molecule has 7 nitrogen and oxygen atoms in total. The van der Waals surface area contributed by atoms with E-state index in [9.17, 15) is 0 Å². The fraction of sp³-hybridized carbons (Fsp3) is 0.588. The summed E-state index contributed by atoms with van der Waals surface area (Å²) in [5.74, 6) is 1.68. The van der Waals surface area contributed by atoms with E-state index >= 15 is 0 Å². The van der Waals surface area contributed by atoms with Crippen LogP contribution >= 0.6 is 0 Å². The number of nitrogens with two attached hydrogens (primary N) is 1. The number of fused-ring (bicyclic) bond motifs is 1. The van der Waals surface area contributed by atoms with Crippen LogP contribution in [0.3, 0.4) is 0 Å². The average Bonchev–Trinajstić information content (AvgIpc) is 3.01. The Morgan fingerprint density at radius 2 is 1.92 bits per heavy atom. The van der Waals surface area contributed by atoms with Crippen LogP contribution in [-0.4, -0.2) is 58.2 Å². The molecule has 3 aliphatic rings. The van der Waals surface area contributed by atoms with Crippen LogP contribution in [-0.2, 0) is 9.47 Å². The summed E-state index contributed by atoms with van der Waals surface area (Å²) in [5, 5.41) is 14.8. The molecule has 7 heteroatoms. The summed E-state index contributed by atoms with van der Waals surface area (Å²) in [6.07, 6.45) is 2.94. The summed E-state index contributed by atoms with van der Waals surface area (Å²) in [4.78, 5) is 0. The van der Waals surface area contributed by atoms with E-state index in [1.807, 2.05) is 35.0 Å². The maximum Gasteiger partial charge on any atom is 0.182 e. The van der Waals surface area contributed by atoms with Crippen molar-refractivity contribution in [2.75, 3.05) is 19.8 Å². The standard InChI is InChI=1S/C17H21N5O2/c1-2-4-12(5-3-1)17-19-20-21-22(17)14-10-24-15-13(9-23-16(14)15)18-8-11-6-7-11/h1-5,11,13-16,18H,6-10H2/p+1/t13-,14-,15+,16+/m0/s1. The van der Waals surface area contributed by atoms with Crippen LogP contribution in [0.15, 0.2) is 30.3 Å². The Bertz CT molecular complexity index is 702. The second-order valence-corrected chi connectivity index (χ2v) is 7.05. The Balaban J connectivity index is 1.35. The van der Waals surface area contributed by atoms with E-state index in [0.29, 0.717) is 12.6 Å². The van der Waals surface area contributed by atoms with Gasteiger partial charge in [-0.05, 0) is 23.3 Å². The molecule has 1 aromatic carbocycles. The van der Waals surface area contributed by atoms with Gasteiger partial charge in [0.1, 0.15) is 30.9 Å². The number of ether oxygens (including phenoxy) is 2. The molecule has 4 atom stereocenters. The molecular weight excluding hydrogens is 306 g/mol. The molecule has 3 fully saturated rings. The first-order valence-electron chi connectivity index (χ1n) is 8.80. The molecule has 1 aromatic heterocycles. The normalized spacial score (nSPS) is 32.2. The lowest BCUT2D eigenvalue weighted by Crippen LogP contribution is -2.93. The molecule has 2 saturated heterocycles. The van der Waals surface area contributed by atoms with Crippen molar-refractivity contribution in [1.29, 1.82) is 0 Å². The van der Waals surface area contributed by atoms with E-state index in [-0.39, 0.29) is 18.2 Å². The monoisotopic (exact) mass is 328 g/mol. The van der Waals surface area contributed by atoms with Gasteiger partial charge in [0.25, 0.3) is 0 Å². The summed E-state index contributed by atoms with van der Waals surface area (Å²) < 4.78 is 14.1. The molecule has 5 rings (SSSR count). The van der Waals surface area contributed by atoms with Crippen LogP contribution in [0.25, 0.3) is 11.4 Å². The van der Waals surface area contributed by atoms with Gasteiger partial charge in [0.2, 0.25) is 0 Å². The number of nitrogens with zero attached hydrogens (tertiary/aromatic N) is 4. The molecule has 1 aliphatic carbocycles. The third-order valence-corrected chi connectivity index (χ3v) is 5.37. The molecule has 3 heterocycles. The van der Waals surface area contributed by atoms with Gasteiger partial charge in [-0.3, -0.25) is 0 Å². The van der Waals surface area contributed by atoms with E-state index in [1.54, 1.807) is 0 Å². The van der Waals surface area contributed by atoms with Gasteiger partial charge in [0.15, 0.2) is 5.82 Å². The quantitative estimate of drug-likeness (QED) is 0.837. The van der Waals surface area contributed by atoms with Crippen molar-refractivity contribution < 1.29 is 14.8 Å². The molecule has 0 bridgehead atoms. The van der Waals surface area contributed by atoms with Crippen LogP contribution in [0.1, 0.15) is 18.9 Å². The zero-order valence-corrected chi connectivity index (χ0v) is 13.5. The fourth-order valence-corrected chi connectivity index (χ4v) is 3.84. The molecule has 2 N–H and O–H groups in total. The van der Waals surface area contributed by atoms with Gasteiger partial charge in [0, 0.05) is 11.5 Å². The SMILES string of the molecule is c1ccc(-c2nnnn2[C@H]2CO[C@H]3[C@@H]2OC[C@@H]3[NH2+]CC2CC2)cc1. The van der Waals surface area contributed by atoms with Gasteiger partial charge in [-0.25, -0.2) is 4.68 Å². The third kappa shape index (κ3) is 2.53. The Morgan fingerprint density at radius 1 is 1.08 bits per heavy atom. The molecule has 24 heavy (non-hydrogen) atoms. The van der Waals surface area contributed by atoms with Gasteiger partial charge >= 0.3 is 0 Å². The fourth-order valence-electron chi connectivity index (χ4n) is 3.84.